The van der Waals surface area contributed by atoms with Crippen LogP contribution in [0.3, 0.4) is 0 Å². The number of carbonyl (C=O) groups excluding carboxylic acids is 2. The predicted octanol–water partition coefficient (Wildman–Crippen LogP) is -0.993. The zero-order chi connectivity index (χ0) is 13.8. The van der Waals surface area contributed by atoms with Crippen LogP contribution in [0.5, 0.6) is 0 Å². The second-order valence-corrected chi connectivity index (χ2v) is 6.51. The lowest BCUT2D eigenvalue weighted by atomic mass is 10.1. The number of hydrogen-bond donors (Lipinski definition) is 4. The molecule has 104 valence electrons. The van der Waals surface area contributed by atoms with E-state index in [9.17, 15) is 9.59 Å². The van der Waals surface area contributed by atoms with Crippen LogP contribution in [-0.2, 0) is 9.59 Å². The molecule has 6 nitrogen and oxygen atoms in total. The molecule has 0 aromatic carbocycles. The molecule has 1 saturated heterocycles. The SMILES string of the molecule is CC(C)(C)NC(=O)[C@@H](N)CNC(=O)C1NCCS1. The van der Waals surface area contributed by atoms with Crippen molar-refractivity contribution in [2.24, 2.45) is 5.73 Å². The fourth-order valence-electron chi connectivity index (χ4n) is 1.45. The van der Waals surface area contributed by atoms with Gasteiger partial charge in [0.25, 0.3) is 0 Å². The molecule has 0 aromatic heterocycles. The second kappa shape index (κ2) is 6.40. The van der Waals surface area contributed by atoms with Gasteiger partial charge in [-0.15, -0.1) is 11.8 Å². The fraction of sp³-hybridized carbons (Fsp3) is 0.818. The van der Waals surface area contributed by atoms with Crippen molar-refractivity contribution in [3.63, 3.8) is 0 Å². The van der Waals surface area contributed by atoms with E-state index >= 15 is 0 Å². The van der Waals surface area contributed by atoms with Crippen molar-refractivity contribution in [1.82, 2.24) is 16.0 Å². The Hall–Kier alpha value is -0.790. The zero-order valence-electron chi connectivity index (χ0n) is 11.1. The van der Waals surface area contributed by atoms with Crippen molar-refractivity contribution in [3.05, 3.63) is 0 Å². The minimum absolute atomic E-state index is 0.114. The smallest absolute Gasteiger partial charge is 0.247 e. The highest BCUT2D eigenvalue weighted by Crippen LogP contribution is 2.13. The average Bonchev–Trinajstić information content (AvgIpc) is 2.76. The molecule has 1 fully saturated rings. The third-order valence-corrected chi connectivity index (χ3v) is 3.44. The van der Waals surface area contributed by atoms with Gasteiger partial charge in [-0.2, -0.15) is 0 Å². The monoisotopic (exact) mass is 274 g/mol. The summed E-state index contributed by atoms with van der Waals surface area (Å²) in [6.45, 7) is 6.64. The van der Waals surface area contributed by atoms with Crippen LogP contribution >= 0.6 is 11.8 Å². The van der Waals surface area contributed by atoms with Gasteiger partial charge in [-0.1, -0.05) is 0 Å². The van der Waals surface area contributed by atoms with Crippen LogP contribution in [0.4, 0.5) is 0 Å². The first-order valence-electron chi connectivity index (χ1n) is 6.00. The van der Waals surface area contributed by atoms with Crippen molar-refractivity contribution in [2.45, 2.75) is 37.7 Å². The van der Waals surface area contributed by atoms with E-state index in [0.29, 0.717) is 0 Å². The standard InChI is InChI=1S/C11H22N4O2S/c1-11(2,3)15-8(16)7(12)6-14-9(17)10-13-4-5-18-10/h7,10,13H,4-6,12H2,1-3H3,(H,14,17)(H,15,16)/t7-,10?/m0/s1. The van der Waals surface area contributed by atoms with Crippen LogP contribution in [0.2, 0.25) is 0 Å². The summed E-state index contributed by atoms with van der Waals surface area (Å²) in [4.78, 5) is 23.4. The minimum Gasteiger partial charge on any atom is -0.352 e. The molecule has 1 aliphatic heterocycles. The van der Waals surface area contributed by atoms with E-state index < -0.39 is 6.04 Å². The predicted molar refractivity (Wildman–Crippen MR) is 73.1 cm³/mol. The summed E-state index contributed by atoms with van der Waals surface area (Å²) in [7, 11) is 0. The Bertz CT molecular complexity index is 311. The first-order valence-corrected chi connectivity index (χ1v) is 7.05. The molecule has 0 bridgehead atoms. The van der Waals surface area contributed by atoms with Gasteiger partial charge in [-0.05, 0) is 20.8 Å². The van der Waals surface area contributed by atoms with Crippen LogP contribution < -0.4 is 21.7 Å². The largest absolute Gasteiger partial charge is 0.352 e. The summed E-state index contributed by atoms with van der Waals surface area (Å²) in [6.07, 6.45) is 0. The quantitative estimate of drug-likeness (QED) is 0.528. The van der Waals surface area contributed by atoms with Crippen molar-refractivity contribution >= 4 is 23.6 Å². The Kier molecular flexibility index (Phi) is 5.43. The van der Waals surface area contributed by atoms with E-state index in [1.54, 1.807) is 11.8 Å². The van der Waals surface area contributed by atoms with E-state index in [1.807, 2.05) is 20.8 Å². The lowest BCUT2D eigenvalue weighted by Gasteiger charge is -2.23. The van der Waals surface area contributed by atoms with Gasteiger partial charge in [-0.3, -0.25) is 14.9 Å². The number of rotatable bonds is 4. The molecule has 1 aliphatic rings. The number of hydrogen-bond acceptors (Lipinski definition) is 5. The van der Waals surface area contributed by atoms with Crippen LogP contribution in [-0.4, -0.2) is 47.6 Å². The van der Waals surface area contributed by atoms with E-state index in [0.717, 1.165) is 12.3 Å². The topological polar surface area (TPSA) is 96.2 Å². The van der Waals surface area contributed by atoms with Gasteiger partial charge in [0.1, 0.15) is 11.4 Å². The van der Waals surface area contributed by atoms with E-state index in [1.165, 1.54) is 0 Å². The van der Waals surface area contributed by atoms with Crippen LogP contribution in [0.15, 0.2) is 0 Å². The normalized spacial score (nSPS) is 21.4. The molecule has 0 aromatic rings. The summed E-state index contributed by atoms with van der Waals surface area (Å²) in [5, 5.41) is 8.30. The molecule has 0 aliphatic carbocycles. The summed E-state index contributed by atoms with van der Waals surface area (Å²) < 4.78 is 0. The number of nitrogens with two attached hydrogens (primary N) is 1. The number of thioether (sulfide) groups is 1. The molecule has 7 heteroatoms. The van der Waals surface area contributed by atoms with Gasteiger partial charge in [0.05, 0.1) is 0 Å². The molecule has 5 N–H and O–H groups in total. The molecule has 0 radical (unpaired) electrons. The van der Waals surface area contributed by atoms with Crippen molar-refractivity contribution in [1.29, 1.82) is 0 Å². The van der Waals surface area contributed by atoms with Gasteiger partial charge >= 0.3 is 0 Å². The highest BCUT2D eigenvalue weighted by molar-refractivity contribution is 8.00. The first kappa shape index (κ1) is 15.3. The molecule has 1 unspecified atom stereocenters. The van der Waals surface area contributed by atoms with E-state index in [-0.39, 0.29) is 29.3 Å². The van der Waals surface area contributed by atoms with Gasteiger partial charge in [0.15, 0.2) is 0 Å². The third-order valence-electron chi connectivity index (χ3n) is 2.29. The third kappa shape index (κ3) is 5.24. The highest BCUT2D eigenvalue weighted by atomic mass is 32.2. The second-order valence-electron chi connectivity index (χ2n) is 5.30. The van der Waals surface area contributed by atoms with Crippen LogP contribution in [0.25, 0.3) is 0 Å². The first-order chi connectivity index (χ1) is 8.29. The van der Waals surface area contributed by atoms with Crippen molar-refractivity contribution in [3.8, 4) is 0 Å². The summed E-state index contributed by atoms with van der Waals surface area (Å²) >= 11 is 1.56. The van der Waals surface area contributed by atoms with E-state index in [4.69, 9.17) is 5.73 Å². The van der Waals surface area contributed by atoms with Gasteiger partial charge in [0.2, 0.25) is 11.8 Å². The Morgan fingerprint density at radius 3 is 2.67 bits per heavy atom. The maximum Gasteiger partial charge on any atom is 0.247 e. The number of nitrogens with one attached hydrogen (secondary N) is 3. The van der Waals surface area contributed by atoms with E-state index in [2.05, 4.69) is 16.0 Å². The Morgan fingerprint density at radius 2 is 2.17 bits per heavy atom. The van der Waals surface area contributed by atoms with Gasteiger partial charge in [0, 0.05) is 24.4 Å². The molecule has 1 rings (SSSR count). The molecule has 0 saturated carbocycles. The van der Waals surface area contributed by atoms with Gasteiger partial charge < -0.3 is 16.4 Å². The van der Waals surface area contributed by atoms with Crippen molar-refractivity contribution < 1.29 is 9.59 Å². The lowest BCUT2D eigenvalue weighted by Crippen LogP contribution is -2.54. The van der Waals surface area contributed by atoms with Crippen molar-refractivity contribution in [2.75, 3.05) is 18.8 Å². The summed E-state index contributed by atoms with van der Waals surface area (Å²) in [5.41, 5.74) is 5.40. The van der Waals surface area contributed by atoms with Crippen LogP contribution in [0.1, 0.15) is 20.8 Å². The number of carbonyl (C=O) groups is 2. The zero-order valence-corrected chi connectivity index (χ0v) is 11.9. The summed E-state index contributed by atoms with van der Waals surface area (Å²) in [5.74, 6) is 0.556. The molecule has 18 heavy (non-hydrogen) atoms. The molecule has 2 atom stereocenters. The minimum atomic E-state index is -0.723. The maximum absolute atomic E-state index is 11.7. The number of amides is 2. The molecular weight excluding hydrogens is 252 g/mol. The molecule has 0 spiro atoms. The molecular formula is C11H22N4O2S. The average molecular weight is 274 g/mol. The van der Waals surface area contributed by atoms with Crippen LogP contribution in [0, 0.1) is 0 Å². The Labute approximate surface area is 112 Å². The summed E-state index contributed by atoms with van der Waals surface area (Å²) in [6, 6.07) is -0.723. The lowest BCUT2D eigenvalue weighted by molar-refractivity contribution is -0.124. The molecule has 2 amide bonds. The van der Waals surface area contributed by atoms with Gasteiger partial charge in [-0.25, -0.2) is 0 Å². The Balaban J connectivity index is 2.29. The fourth-order valence-corrected chi connectivity index (χ4v) is 2.39. The Morgan fingerprint density at radius 1 is 1.50 bits per heavy atom. The molecule has 1 heterocycles. The maximum atomic E-state index is 11.7. The highest BCUT2D eigenvalue weighted by Gasteiger charge is 2.24.